The van der Waals surface area contributed by atoms with Crippen molar-refractivity contribution in [2.45, 2.75) is 11.8 Å². The fraction of sp³-hybridized carbons (Fsp3) is 0.250. The fourth-order valence-corrected chi connectivity index (χ4v) is 3.95. The van der Waals surface area contributed by atoms with E-state index in [1.165, 1.54) is 17.7 Å². The molecule has 2 aromatic rings. The van der Waals surface area contributed by atoms with Gasteiger partial charge in [-0.3, -0.25) is 0 Å². The normalized spacial score (nSPS) is 16.8. The Bertz CT molecular complexity index is 638. The smallest absolute Gasteiger partial charge is 0.124 e. The maximum absolute atomic E-state index is 13.2. The minimum Gasteiger partial charge on any atom is -0.315 e. The predicted molar refractivity (Wildman–Crippen MR) is 86.5 cm³/mol. The molecule has 0 amide bonds. The molecule has 1 fully saturated rings. The van der Waals surface area contributed by atoms with Crippen molar-refractivity contribution < 1.29 is 4.39 Å². The van der Waals surface area contributed by atoms with Crippen LogP contribution in [-0.2, 0) is 11.8 Å². The van der Waals surface area contributed by atoms with Crippen molar-refractivity contribution in [1.29, 1.82) is 0 Å². The Kier molecular flexibility index (Phi) is 3.98. The molecular formula is C16H14Br2FN. The molecule has 0 bridgehead atoms. The summed E-state index contributed by atoms with van der Waals surface area (Å²) in [6.07, 6.45) is 0.892. The Balaban J connectivity index is 1.96. The first-order chi connectivity index (χ1) is 9.61. The van der Waals surface area contributed by atoms with Crippen LogP contribution in [0.5, 0.6) is 0 Å². The van der Waals surface area contributed by atoms with Gasteiger partial charge in [-0.05, 0) is 35.7 Å². The van der Waals surface area contributed by atoms with Gasteiger partial charge < -0.3 is 5.32 Å². The number of benzene rings is 2. The molecule has 1 aliphatic heterocycles. The van der Waals surface area contributed by atoms with Crippen LogP contribution in [0.15, 0.2) is 51.4 Å². The summed E-state index contributed by atoms with van der Waals surface area (Å²) in [7, 11) is 0. The lowest BCUT2D eigenvalue weighted by Crippen LogP contribution is -2.58. The van der Waals surface area contributed by atoms with E-state index in [4.69, 9.17) is 0 Å². The van der Waals surface area contributed by atoms with E-state index < -0.39 is 0 Å². The van der Waals surface area contributed by atoms with Crippen LogP contribution in [-0.4, -0.2) is 13.1 Å². The molecule has 0 aliphatic carbocycles. The molecule has 1 aliphatic rings. The molecule has 1 nitrogen and oxygen atoms in total. The highest BCUT2D eigenvalue weighted by molar-refractivity contribution is 9.10. The lowest BCUT2D eigenvalue weighted by Gasteiger charge is -2.44. The molecule has 0 unspecified atom stereocenters. The summed E-state index contributed by atoms with van der Waals surface area (Å²) in [6.45, 7) is 1.89. The number of hydrogen-bond acceptors (Lipinski definition) is 1. The molecule has 20 heavy (non-hydrogen) atoms. The number of halogens is 3. The molecule has 2 aromatic carbocycles. The van der Waals surface area contributed by atoms with E-state index in [9.17, 15) is 4.39 Å². The predicted octanol–water partition coefficient (Wildman–Crippen LogP) is 4.43. The Hall–Kier alpha value is -0.710. The minimum absolute atomic E-state index is 0.0838. The Morgan fingerprint density at radius 3 is 2.40 bits per heavy atom. The van der Waals surface area contributed by atoms with Gasteiger partial charge in [0.25, 0.3) is 0 Å². The van der Waals surface area contributed by atoms with Gasteiger partial charge in [0.1, 0.15) is 5.82 Å². The highest BCUT2D eigenvalue weighted by Gasteiger charge is 2.40. The summed E-state index contributed by atoms with van der Waals surface area (Å²) in [4.78, 5) is 0. The van der Waals surface area contributed by atoms with Crippen LogP contribution < -0.4 is 5.32 Å². The van der Waals surface area contributed by atoms with E-state index in [1.54, 1.807) is 0 Å². The summed E-state index contributed by atoms with van der Waals surface area (Å²) in [5.41, 5.74) is 2.54. The largest absolute Gasteiger partial charge is 0.315 e. The van der Waals surface area contributed by atoms with Gasteiger partial charge in [-0.25, -0.2) is 4.39 Å². The molecular weight excluding hydrogens is 385 g/mol. The van der Waals surface area contributed by atoms with Crippen molar-refractivity contribution in [3.63, 3.8) is 0 Å². The van der Waals surface area contributed by atoms with Crippen LogP contribution in [0.3, 0.4) is 0 Å². The summed E-state index contributed by atoms with van der Waals surface area (Å²) < 4.78 is 15.2. The van der Waals surface area contributed by atoms with Crippen LogP contribution in [0, 0.1) is 5.82 Å². The standard InChI is InChI=1S/C16H14Br2FN/c17-14-4-2-1-3-13(14)16(9-20-10-16)8-11-5-6-12(19)7-15(11)18/h1-7,20H,8-10H2. The first-order valence-electron chi connectivity index (χ1n) is 6.50. The van der Waals surface area contributed by atoms with Gasteiger partial charge in [0.2, 0.25) is 0 Å². The van der Waals surface area contributed by atoms with E-state index >= 15 is 0 Å². The molecule has 0 atom stereocenters. The third-order valence-corrected chi connectivity index (χ3v) is 5.35. The maximum Gasteiger partial charge on any atom is 0.124 e. The van der Waals surface area contributed by atoms with E-state index in [-0.39, 0.29) is 11.2 Å². The number of hydrogen-bond donors (Lipinski definition) is 1. The van der Waals surface area contributed by atoms with E-state index in [2.05, 4.69) is 55.4 Å². The first-order valence-corrected chi connectivity index (χ1v) is 8.09. The van der Waals surface area contributed by atoms with Gasteiger partial charge in [0, 0.05) is 27.4 Å². The third-order valence-electron chi connectivity index (χ3n) is 3.92. The quantitative estimate of drug-likeness (QED) is 0.806. The number of nitrogens with one attached hydrogen (secondary N) is 1. The van der Waals surface area contributed by atoms with Gasteiger partial charge in [-0.2, -0.15) is 0 Å². The molecule has 104 valence electrons. The van der Waals surface area contributed by atoms with Crippen LogP contribution in [0.25, 0.3) is 0 Å². The van der Waals surface area contributed by atoms with E-state index in [0.29, 0.717) is 0 Å². The molecule has 3 rings (SSSR count). The lowest BCUT2D eigenvalue weighted by atomic mass is 9.71. The van der Waals surface area contributed by atoms with Gasteiger partial charge in [0.05, 0.1) is 0 Å². The van der Waals surface area contributed by atoms with E-state index in [0.717, 1.165) is 34.0 Å². The monoisotopic (exact) mass is 397 g/mol. The molecule has 1 N–H and O–H groups in total. The van der Waals surface area contributed by atoms with Crippen molar-refractivity contribution in [3.8, 4) is 0 Å². The highest BCUT2D eigenvalue weighted by atomic mass is 79.9. The number of rotatable bonds is 3. The Labute approximate surface area is 134 Å². The van der Waals surface area contributed by atoms with Gasteiger partial charge >= 0.3 is 0 Å². The SMILES string of the molecule is Fc1ccc(CC2(c3ccccc3Br)CNC2)c(Br)c1. The second kappa shape index (κ2) is 5.58. The molecule has 1 heterocycles. The summed E-state index contributed by atoms with van der Waals surface area (Å²) >= 11 is 7.12. The Morgan fingerprint density at radius 1 is 1.05 bits per heavy atom. The Morgan fingerprint density at radius 2 is 1.80 bits per heavy atom. The minimum atomic E-state index is -0.206. The van der Waals surface area contributed by atoms with Crippen LogP contribution in [0.2, 0.25) is 0 Å². The molecule has 1 saturated heterocycles. The average molecular weight is 399 g/mol. The molecule has 0 aromatic heterocycles. The summed E-state index contributed by atoms with van der Waals surface area (Å²) in [6, 6.07) is 13.3. The second-order valence-electron chi connectivity index (χ2n) is 5.28. The molecule has 0 saturated carbocycles. The summed E-state index contributed by atoms with van der Waals surface area (Å²) in [5, 5.41) is 3.37. The van der Waals surface area contributed by atoms with Crippen LogP contribution >= 0.6 is 31.9 Å². The third kappa shape index (κ3) is 2.57. The fourth-order valence-electron chi connectivity index (χ4n) is 2.76. The van der Waals surface area contributed by atoms with Crippen molar-refractivity contribution in [3.05, 3.63) is 68.4 Å². The average Bonchev–Trinajstić information content (AvgIpc) is 2.37. The van der Waals surface area contributed by atoms with Gasteiger partial charge in [-0.15, -0.1) is 0 Å². The van der Waals surface area contributed by atoms with Crippen molar-refractivity contribution in [2.75, 3.05) is 13.1 Å². The first kappa shape index (κ1) is 14.2. The maximum atomic E-state index is 13.2. The van der Waals surface area contributed by atoms with Crippen LogP contribution in [0.4, 0.5) is 4.39 Å². The van der Waals surface area contributed by atoms with Crippen molar-refractivity contribution >= 4 is 31.9 Å². The van der Waals surface area contributed by atoms with Crippen LogP contribution in [0.1, 0.15) is 11.1 Å². The van der Waals surface area contributed by atoms with Gasteiger partial charge in [-0.1, -0.05) is 56.1 Å². The zero-order valence-electron chi connectivity index (χ0n) is 10.8. The van der Waals surface area contributed by atoms with E-state index in [1.807, 2.05) is 12.1 Å². The molecule has 4 heteroatoms. The molecule has 0 radical (unpaired) electrons. The zero-order valence-corrected chi connectivity index (χ0v) is 14.0. The second-order valence-corrected chi connectivity index (χ2v) is 6.98. The zero-order chi connectivity index (χ0) is 14.2. The van der Waals surface area contributed by atoms with Crippen molar-refractivity contribution in [1.82, 2.24) is 5.32 Å². The highest BCUT2D eigenvalue weighted by Crippen LogP contribution is 2.38. The topological polar surface area (TPSA) is 12.0 Å². The van der Waals surface area contributed by atoms with Crippen molar-refractivity contribution in [2.24, 2.45) is 0 Å². The lowest BCUT2D eigenvalue weighted by molar-refractivity contribution is 0.273. The molecule has 0 spiro atoms. The summed E-state index contributed by atoms with van der Waals surface area (Å²) in [5.74, 6) is -0.206. The van der Waals surface area contributed by atoms with Gasteiger partial charge in [0.15, 0.2) is 0 Å².